The van der Waals surface area contributed by atoms with Gasteiger partial charge in [-0.05, 0) is 11.8 Å². The van der Waals surface area contributed by atoms with Crippen LogP contribution in [0.2, 0.25) is 0 Å². The first kappa shape index (κ1) is 7.03. The van der Waals surface area contributed by atoms with E-state index in [0.29, 0.717) is 11.8 Å². The number of hydrogen-bond donors (Lipinski definition) is 1. The van der Waals surface area contributed by atoms with Gasteiger partial charge in [-0.2, -0.15) is 0 Å². The summed E-state index contributed by atoms with van der Waals surface area (Å²) < 4.78 is 4.98. The van der Waals surface area contributed by atoms with Gasteiger partial charge in [0.15, 0.2) is 6.29 Å². The maximum atomic E-state index is 8.93. The third kappa shape index (κ3) is 1.66. The highest BCUT2D eigenvalue weighted by Gasteiger charge is 2.25. The number of aliphatic hydroxyl groups excluding tert-OH is 1. The average Bonchev–Trinajstić information content (AvgIpc) is 2.14. The summed E-state index contributed by atoms with van der Waals surface area (Å²) in [5.41, 5.74) is 0. The molecule has 2 atom stereocenters. The van der Waals surface area contributed by atoms with E-state index in [-0.39, 0.29) is 0 Å². The van der Waals surface area contributed by atoms with Crippen molar-refractivity contribution < 1.29 is 9.84 Å². The van der Waals surface area contributed by atoms with Crippen molar-refractivity contribution >= 4 is 0 Å². The topological polar surface area (TPSA) is 29.5 Å². The van der Waals surface area contributed by atoms with Crippen LogP contribution in [-0.2, 0) is 4.74 Å². The van der Waals surface area contributed by atoms with Gasteiger partial charge in [-0.1, -0.05) is 13.8 Å². The maximum absolute atomic E-state index is 8.93. The van der Waals surface area contributed by atoms with Gasteiger partial charge in [0, 0.05) is 6.42 Å². The molecule has 0 unspecified atom stereocenters. The Morgan fingerprint density at radius 3 is 2.44 bits per heavy atom. The van der Waals surface area contributed by atoms with E-state index in [1.54, 1.807) is 0 Å². The molecule has 2 heteroatoms. The second-order valence-electron chi connectivity index (χ2n) is 3.03. The maximum Gasteiger partial charge on any atom is 0.154 e. The Kier molecular flexibility index (Phi) is 2.09. The summed E-state index contributed by atoms with van der Waals surface area (Å²) in [5, 5.41) is 8.93. The van der Waals surface area contributed by atoms with Crippen LogP contribution in [0, 0.1) is 11.8 Å². The Balaban J connectivity index is 2.30. The molecule has 1 heterocycles. The van der Waals surface area contributed by atoms with E-state index in [4.69, 9.17) is 9.84 Å². The predicted molar refractivity (Wildman–Crippen MR) is 34.9 cm³/mol. The number of hydrogen-bond acceptors (Lipinski definition) is 2. The van der Waals surface area contributed by atoms with Crippen molar-refractivity contribution in [2.24, 2.45) is 11.8 Å². The predicted octanol–water partition coefficient (Wildman–Crippen LogP) is 0.997. The first-order chi connectivity index (χ1) is 4.20. The summed E-state index contributed by atoms with van der Waals surface area (Å²) in [4.78, 5) is 0. The number of rotatable bonds is 1. The van der Waals surface area contributed by atoms with Crippen LogP contribution in [0.3, 0.4) is 0 Å². The highest BCUT2D eigenvalue weighted by Crippen LogP contribution is 2.24. The van der Waals surface area contributed by atoms with E-state index in [0.717, 1.165) is 13.0 Å². The van der Waals surface area contributed by atoms with Crippen LogP contribution in [0.25, 0.3) is 0 Å². The Bertz CT molecular complexity index is 90.9. The summed E-state index contributed by atoms with van der Waals surface area (Å²) in [6.07, 6.45) is 0.329. The average molecular weight is 130 g/mol. The smallest absolute Gasteiger partial charge is 0.154 e. The molecule has 54 valence electrons. The molecule has 0 radical (unpaired) electrons. The zero-order valence-corrected chi connectivity index (χ0v) is 6.00. The van der Waals surface area contributed by atoms with Gasteiger partial charge >= 0.3 is 0 Å². The summed E-state index contributed by atoms with van der Waals surface area (Å²) in [6, 6.07) is 0. The number of ether oxygens (including phenoxy) is 1. The van der Waals surface area contributed by atoms with Gasteiger partial charge in [-0.3, -0.25) is 0 Å². The molecule has 1 fully saturated rings. The fourth-order valence-electron chi connectivity index (χ4n) is 1.09. The highest BCUT2D eigenvalue weighted by atomic mass is 16.6. The van der Waals surface area contributed by atoms with E-state index in [1.807, 2.05) is 0 Å². The van der Waals surface area contributed by atoms with Crippen LogP contribution in [0.1, 0.15) is 20.3 Å². The highest BCUT2D eigenvalue weighted by molar-refractivity contribution is 4.69. The molecule has 0 aliphatic carbocycles. The molecule has 1 rings (SSSR count). The number of aliphatic hydroxyl groups is 1. The fourth-order valence-corrected chi connectivity index (χ4v) is 1.09. The van der Waals surface area contributed by atoms with Crippen LogP contribution in [0.4, 0.5) is 0 Å². The molecule has 1 N–H and O–H groups in total. The van der Waals surface area contributed by atoms with E-state index >= 15 is 0 Å². The quantitative estimate of drug-likeness (QED) is 0.573. The fraction of sp³-hybridized carbons (Fsp3) is 1.00. The monoisotopic (exact) mass is 130 g/mol. The summed E-state index contributed by atoms with van der Waals surface area (Å²) in [6.45, 7) is 5.05. The molecule has 0 spiro atoms. The van der Waals surface area contributed by atoms with Gasteiger partial charge < -0.3 is 9.84 Å². The van der Waals surface area contributed by atoms with E-state index in [9.17, 15) is 0 Å². The Morgan fingerprint density at radius 1 is 1.56 bits per heavy atom. The minimum Gasteiger partial charge on any atom is -0.368 e. The second-order valence-corrected chi connectivity index (χ2v) is 3.03. The zero-order chi connectivity index (χ0) is 6.85. The summed E-state index contributed by atoms with van der Waals surface area (Å²) in [5.74, 6) is 1.21. The minimum atomic E-state index is -0.489. The molecule has 2 nitrogen and oxygen atoms in total. The van der Waals surface area contributed by atoms with Crippen LogP contribution >= 0.6 is 0 Å². The molecule has 9 heavy (non-hydrogen) atoms. The lowest BCUT2D eigenvalue weighted by Crippen LogP contribution is -2.07. The lowest BCUT2D eigenvalue weighted by Gasteiger charge is -2.09. The van der Waals surface area contributed by atoms with Gasteiger partial charge in [0.25, 0.3) is 0 Å². The van der Waals surface area contributed by atoms with Crippen molar-refractivity contribution in [3.63, 3.8) is 0 Å². The largest absolute Gasteiger partial charge is 0.368 e. The Morgan fingerprint density at radius 2 is 2.22 bits per heavy atom. The zero-order valence-electron chi connectivity index (χ0n) is 6.00. The van der Waals surface area contributed by atoms with Crippen molar-refractivity contribution in [2.75, 3.05) is 6.61 Å². The van der Waals surface area contributed by atoms with E-state index in [1.165, 1.54) is 0 Å². The van der Waals surface area contributed by atoms with Crippen molar-refractivity contribution in [1.82, 2.24) is 0 Å². The first-order valence-electron chi connectivity index (χ1n) is 3.50. The Hall–Kier alpha value is -0.0800. The van der Waals surface area contributed by atoms with E-state index in [2.05, 4.69) is 13.8 Å². The van der Waals surface area contributed by atoms with Gasteiger partial charge in [0.2, 0.25) is 0 Å². The molecule has 1 aliphatic rings. The van der Waals surface area contributed by atoms with E-state index < -0.39 is 6.29 Å². The minimum absolute atomic E-state index is 0.489. The summed E-state index contributed by atoms with van der Waals surface area (Å²) >= 11 is 0. The van der Waals surface area contributed by atoms with Crippen molar-refractivity contribution in [1.29, 1.82) is 0 Å². The van der Waals surface area contributed by atoms with Gasteiger partial charge in [-0.15, -0.1) is 0 Å². The van der Waals surface area contributed by atoms with Gasteiger partial charge in [0.1, 0.15) is 0 Å². The lowest BCUT2D eigenvalue weighted by molar-refractivity contribution is -0.0592. The second kappa shape index (κ2) is 2.67. The molecule has 0 bridgehead atoms. The van der Waals surface area contributed by atoms with Crippen molar-refractivity contribution in [2.45, 2.75) is 26.6 Å². The molecule has 0 amide bonds. The molecule has 1 aliphatic heterocycles. The third-order valence-corrected chi connectivity index (χ3v) is 1.95. The molecule has 0 saturated carbocycles. The standard InChI is InChI=1S/C7H14O2/c1-5(2)6-3-7(8)9-4-6/h5-8H,3-4H2,1-2H3/t6-,7+/m1/s1. The lowest BCUT2D eigenvalue weighted by atomic mass is 9.95. The molecule has 1 saturated heterocycles. The third-order valence-electron chi connectivity index (χ3n) is 1.95. The molecular formula is C7H14O2. The van der Waals surface area contributed by atoms with Crippen LogP contribution in [0.15, 0.2) is 0 Å². The molecule has 0 aromatic rings. The van der Waals surface area contributed by atoms with Gasteiger partial charge in [-0.25, -0.2) is 0 Å². The molecule has 0 aromatic carbocycles. The van der Waals surface area contributed by atoms with Crippen molar-refractivity contribution in [3.8, 4) is 0 Å². The Labute approximate surface area is 55.8 Å². The molecular weight excluding hydrogens is 116 g/mol. The normalized spacial score (nSPS) is 36.0. The summed E-state index contributed by atoms with van der Waals surface area (Å²) in [7, 11) is 0. The van der Waals surface area contributed by atoms with Crippen molar-refractivity contribution in [3.05, 3.63) is 0 Å². The van der Waals surface area contributed by atoms with Gasteiger partial charge in [0.05, 0.1) is 6.61 Å². The SMILES string of the molecule is CC(C)[C@H]1CO[C@H](O)C1. The first-order valence-corrected chi connectivity index (χ1v) is 3.50. The van der Waals surface area contributed by atoms with Crippen LogP contribution in [0.5, 0.6) is 0 Å². The van der Waals surface area contributed by atoms with Crippen LogP contribution < -0.4 is 0 Å². The molecule has 0 aromatic heterocycles. The van der Waals surface area contributed by atoms with Crippen LogP contribution in [-0.4, -0.2) is 18.0 Å².